The molecule has 0 aromatic carbocycles. The summed E-state index contributed by atoms with van der Waals surface area (Å²) in [5.41, 5.74) is 0. The van der Waals surface area contributed by atoms with Crippen LogP contribution >= 0.6 is 0 Å². The van der Waals surface area contributed by atoms with Crippen LogP contribution in [0.3, 0.4) is 0 Å². The molecule has 0 heterocycles. The zero-order chi connectivity index (χ0) is 3.58. The summed E-state index contributed by atoms with van der Waals surface area (Å²) in [5, 5.41) is 16.7. The van der Waals surface area contributed by atoms with Crippen molar-refractivity contribution in [1.29, 1.82) is 0 Å². The molecular formula is CH3FeO5. The molecule has 45 valence electrons. The number of rotatable bonds is 0. The Balaban J connectivity index is -0.0000000150. The van der Waals surface area contributed by atoms with E-state index in [1.54, 1.807) is 0 Å². The van der Waals surface area contributed by atoms with E-state index in [-0.39, 0.29) is 28.0 Å². The Hall–Kier alpha value is -0.291. The van der Waals surface area contributed by atoms with Crippen LogP contribution in [0.15, 0.2) is 0 Å². The molecule has 0 aromatic heterocycles. The second kappa shape index (κ2) is 17.2. The predicted molar refractivity (Wildman–Crippen MR) is 10.9 cm³/mol. The maximum absolute atomic E-state index is 8.33. The van der Waals surface area contributed by atoms with Crippen molar-refractivity contribution in [2.45, 2.75) is 0 Å². The second-order valence-corrected chi connectivity index (χ2v) is 0.250. The van der Waals surface area contributed by atoms with Crippen LogP contribution in [0, 0.1) is 0 Å². The minimum atomic E-state index is -2.33. The molecule has 0 atom stereocenters. The summed E-state index contributed by atoms with van der Waals surface area (Å²) in [5.74, 6) is 0. The first-order valence-corrected chi connectivity index (χ1v) is 0.612. The van der Waals surface area contributed by atoms with Gasteiger partial charge in [0, 0.05) is 0 Å². The minimum absolute atomic E-state index is 0. The molecule has 5 nitrogen and oxygen atoms in total. The standard InChI is InChI=1S/CH2O3.Fe.2H2O/c2-1(3)4;;;/h(H2,2,3,4);;2*1H2/q;+3;;/p-3. The molecule has 0 bridgehead atoms. The predicted octanol–water partition coefficient (Wildman–Crippen LogP) is -3.45. The smallest absolute Gasteiger partial charge is 0.870 e. The summed E-state index contributed by atoms with van der Waals surface area (Å²) in [6, 6.07) is 0. The van der Waals surface area contributed by atoms with Crippen molar-refractivity contribution in [3.63, 3.8) is 0 Å². The van der Waals surface area contributed by atoms with Crippen molar-refractivity contribution < 1.29 is 43.0 Å². The van der Waals surface area contributed by atoms with E-state index in [0.29, 0.717) is 0 Å². The molecule has 0 saturated heterocycles. The molecule has 0 unspecified atom stereocenters. The van der Waals surface area contributed by atoms with Gasteiger partial charge in [-0.1, -0.05) is 0 Å². The van der Waals surface area contributed by atoms with E-state index in [0.717, 1.165) is 0 Å². The van der Waals surface area contributed by atoms with Gasteiger partial charge in [-0.15, -0.1) is 0 Å². The van der Waals surface area contributed by atoms with Crippen LogP contribution in [0.5, 0.6) is 0 Å². The third-order valence-corrected chi connectivity index (χ3v) is 0. The van der Waals surface area contributed by atoms with Gasteiger partial charge in [0.05, 0.1) is 0 Å². The Morgan fingerprint density at radius 3 is 1.29 bits per heavy atom. The number of hydrogen-bond acceptors (Lipinski definition) is 4. The Morgan fingerprint density at radius 1 is 1.29 bits per heavy atom. The fourth-order valence-corrected chi connectivity index (χ4v) is 0. The number of carboxylic acid groups (broad SMARTS) is 2. The summed E-state index contributed by atoms with van der Waals surface area (Å²) < 4.78 is 0. The van der Waals surface area contributed by atoms with E-state index in [1.807, 2.05) is 0 Å². The van der Waals surface area contributed by atoms with Crippen molar-refractivity contribution in [1.82, 2.24) is 0 Å². The van der Waals surface area contributed by atoms with E-state index >= 15 is 0 Å². The summed E-state index contributed by atoms with van der Waals surface area (Å²) in [4.78, 5) is 8.33. The van der Waals surface area contributed by atoms with Crippen LogP contribution in [0.1, 0.15) is 0 Å². The molecule has 0 spiro atoms. The first-order chi connectivity index (χ1) is 1.73. The zero-order valence-electron chi connectivity index (χ0n) is 3.03. The van der Waals surface area contributed by atoms with E-state index in [2.05, 4.69) is 0 Å². The van der Waals surface area contributed by atoms with Crippen LogP contribution in [-0.4, -0.2) is 17.1 Å². The first kappa shape index (κ1) is 29.8. The Kier molecular flexibility index (Phi) is 73.4. The maximum atomic E-state index is 8.33. The summed E-state index contributed by atoms with van der Waals surface area (Å²) in [6.45, 7) is 0. The van der Waals surface area contributed by atoms with Gasteiger partial charge in [0.15, 0.2) is 0 Å². The number of hydrogen-bond donors (Lipinski definition) is 0. The fourth-order valence-electron chi connectivity index (χ4n) is 0. The molecule has 0 amide bonds. The quantitative estimate of drug-likeness (QED) is 0.333. The van der Waals surface area contributed by atoms with Gasteiger partial charge in [0.1, 0.15) is 0 Å². The van der Waals surface area contributed by atoms with E-state index < -0.39 is 6.16 Å². The molecule has 7 heavy (non-hydrogen) atoms. The molecular weight excluding hydrogens is 148 g/mol. The number of carbonyl (C=O) groups excluding carboxylic acids is 1. The van der Waals surface area contributed by atoms with Gasteiger partial charge in [-0.25, -0.2) is 0 Å². The van der Waals surface area contributed by atoms with Gasteiger partial charge in [0.25, 0.3) is 0 Å². The van der Waals surface area contributed by atoms with Gasteiger partial charge in [-0.3, -0.25) is 0 Å². The molecule has 0 fully saturated rings. The van der Waals surface area contributed by atoms with Crippen LogP contribution in [0.25, 0.3) is 0 Å². The van der Waals surface area contributed by atoms with Crippen LogP contribution in [0.4, 0.5) is 4.79 Å². The molecule has 0 aliphatic carbocycles. The average Bonchev–Trinajstić information content (AvgIpc) is 0.811. The Labute approximate surface area is 50.0 Å². The van der Waals surface area contributed by atoms with Crippen LogP contribution < -0.4 is 10.2 Å². The molecule has 0 aliphatic heterocycles. The van der Waals surface area contributed by atoms with Gasteiger partial charge < -0.3 is 26.0 Å². The monoisotopic (exact) mass is 151 g/mol. The van der Waals surface area contributed by atoms with Crippen LogP contribution in [-0.2, 0) is 17.1 Å². The van der Waals surface area contributed by atoms with Crippen LogP contribution in [0.2, 0.25) is 0 Å². The normalized spacial score (nSPS) is 3.43. The maximum Gasteiger partial charge on any atom is 3.00 e. The molecule has 0 saturated carbocycles. The van der Waals surface area contributed by atoms with Gasteiger partial charge >= 0.3 is 17.1 Å². The molecule has 0 rings (SSSR count). The SMILES string of the molecule is O.O=C([O-])[O-].[Fe+3].[OH-]. The topological polar surface area (TPSA) is 125 Å². The molecule has 1 radical (unpaired) electrons. The largest absolute Gasteiger partial charge is 3.00 e. The first-order valence-electron chi connectivity index (χ1n) is 0.612. The number of carbonyl (C=O) groups is 1. The molecule has 3 N–H and O–H groups in total. The average molecular weight is 151 g/mol. The Morgan fingerprint density at radius 2 is 1.29 bits per heavy atom. The second-order valence-electron chi connectivity index (χ2n) is 0.250. The van der Waals surface area contributed by atoms with Crippen molar-refractivity contribution in [3.8, 4) is 0 Å². The third kappa shape index (κ3) is 931. The molecule has 6 heteroatoms. The minimum Gasteiger partial charge on any atom is -0.870 e. The summed E-state index contributed by atoms with van der Waals surface area (Å²) in [6.07, 6.45) is -2.33. The van der Waals surface area contributed by atoms with Gasteiger partial charge in [-0.2, -0.15) is 0 Å². The van der Waals surface area contributed by atoms with E-state index in [9.17, 15) is 0 Å². The molecule has 0 aromatic rings. The fraction of sp³-hybridized carbons (Fsp3) is 0. The van der Waals surface area contributed by atoms with Crippen molar-refractivity contribution in [3.05, 3.63) is 0 Å². The van der Waals surface area contributed by atoms with E-state index in [4.69, 9.17) is 15.0 Å². The van der Waals surface area contributed by atoms with Gasteiger partial charge in [0.2, 0.25) is 0 Å². The van der Waals surface area contributed by atoms with Gasteiger partial charge in [-0.05, 0) is 6.16 Å². The molecule has 0 aliphatic rings. The van der Waals surface area contributed by atoms with Crippen molar-refractivity contribution >= 4 is 6.16 Å². The summed E-state index contributed by atoms with van der Waals surface area (Å²) in [7, 11) is 0. The third-order valence-electron chi connectivity index (χ3n) is 0. The van der Waals surface area contributed by atoms with Crippen molar-refractivity contribution in [2.75, 3.05) is 0 Å². The summed E-state index contributed by atoms with van der Waals surface area (Å²) >= 11 is 0. The van der Waals surface area contributed by atoms with Crippen molar-refractivity contribution in [2.24, 2.45) is 0 Å². The van der Waals surface area contributed by atoms with E-state index in [1.165, 1.54) is 0 Å². The Bertz CT molecular complexity index is 31.1. The zero-order valence-corrected chi connectivity index (χ0v) is 4.13.